The first-order valence-corrected chi connectivity index (χ1v) is 3.48. The first-order valence-electron chi connectivity index (χ1n) is 3.48. The first-order chi connectivity index (χ1) is 4.97. The van der Waals surface area contributed by atoms with Crippen LogP contribution in [-0.4, -0.2) is 31.4 Å². The molecule has 0 aliphatic carbocycles. The molecule has 0 N–H and O–H groups in total. The van der Waals surface area contributed by atoms with Crippen LogP contribution in [0, 0.1) is 5.92 Å². The molecule has 0 aromatic carbocycles. The van der Waals surface area contributed by atoms with E-state index in [1.54, 1.807) is 0 Å². The van der Waals surface area contributed by atoms with Gasteiger partial charge in [-0.3, -0.25) is 15.0 Å². The molecule has 0 saturated heterocycles. The Morgan fingerprint density at radius 3 is 3.30 bits per heavy atom. The van der Waals surface area contributed by atoms with E-state index < -0.39 is 0 Å². The summed E-state index contributed by atoms with van der Waals surface area (Å²) in [7, 11) is 0. The lowest BCUT2D eigenvalue weighted by Crippen LogP contribution is -2.26. The SMILES string of the molecule is C1=NCN=C2CC=NCC12. The molecule has 52 valence electrons. The third-order valence-electron chi connectivity index (χ3n) is 1.80. The monoisotopic (exact) mass is 135 g/mol. The smallest absolute Gasteiger partial charge is 0.128 e. The Balaban J connectivity index is 2.23. The number of aliphatic imine (C=N–C) groups is 3. The second kappa shape index (κ2) is 2.33. The molecule has 0 fully saturated rings. The standard InChI is InChI=1S/C7H9N3/c1-2-8-3-6-4-9-5-10-7(1)6/h2,4,6H,1,3,5H2. The van der Waals surface area contributed by atoms with Crippen LogP contribution < -0.4 is 0 Å². The molecule has 0 bridgehead atoms. The van der Waals surface area contributed by atoms with Gasteiger partial charge in [-0.15, -0.1) is 0 Å². The van der Waals surface area contributed by atoms with Crippen molar-refractivity contribution in [2.75, 3.05) is 13.2 Å². The van der Waals surface area contributed by atoms with E-state index in [2.05, 4.69) is 15.0 Å². The molecule has 0 spiro atoms. The Labute approximate surface area is 59.6 Å². The number of nitrogens with zero attached hydrogens (tertiary/aromatic N) is 3. The largest absolute Gasteiger partial charge is 0.296 e. The van der Waals surface area contributed by atoms with Crippen LogP contribution >= 0.6 is 0 Å². The number of rotatable bonds is 0. The summed E-state index contributed by atoms with van der Waals surface area (Å²) in [6, 6.07) is 0. The van der Waals surface area contributed by atoms with Gasteiger partial charge in [-0.2, -0.15) is 0 Å². The lowest BCUT2D eigenvalue weighted by atomic mass is 9.99. The van der Waals surface area contributed by atoms with Crippen LogP contribution in [0.25, 0.3) is 0 Å². The van der Waals surface area contributed by atoms with Crippen molar-refractivity contribution in [1.29, 1.82) is 0 Å². The van der Waals surface area contributed by atoms with Gasteiger partial charge < -0.3 is 0 Å². The Morgan fingerprint density at radius 2 is 2.40 bits per heavy atom. The Morgan fingerprint density at radius 1 is 1.40 bits per heavy atom. The molecule has 3 nitrogen and oxygen atoms in total. The van der Waals surface area contributed by atoms with E-state index in [1.165, 1.54) is 5.71 Å². The van der Waals surface area contributed by atoms with Gasteiger partial charge in [0.2, 0.25) is 0 Å². The van der Waals surface area contributed by atoms with Crippen LogP contribution in [0.4, 0.5) is 0 Å². The fourth-order valence-electron chi connectivity index (χ4n) is 1.22. The topological polar surface area (TPSA) is 37.1 Å². The number of hydrogen-bond donors (Lipinski definition) is 0. The molecule has 0 amide bonds. The van der Waals surface area contributed by atoms with Crippen LogP contribution in [-0.2, 0) is 0 Å². The Hall–Kier alpha value is -0.990. The molecular weight excluding hydrogens is 126 g/mol. The van der Waals surface area contributed by atoms with Gasteiger partial charge in [0.1, 0.15) is 6.67 Å². The van der Waals surface area contributed by atoms with Gasteiger partial charge in [-0.05, 0) is 0 Å². The summed E-state index contributed by atoms with van der Waals surface area (Å²) < 4.78 is 0. The van der Waals surface area contributed by atoms with Crippen LogP contribution in [0.2, 0.25) is 0 Å². The lowest BCUT2D eigenvalue weighted by molar-refractivity contribution is 0.847. The molecule has 1 atom stereocenters. The summed E-state index contributed by atoms with van der Waals surface area (Å²) in [4.78, 5) is 12.5. The number of hydrogen-bond acceptors (Lipinski definition) is 3. The molecule has 2 aliphatic heterocycles. The van der Waals surface area contributed by atoms with Gasteiger partial charge in [0, 0.05) is 24.6 Å². The van der Waals surface area contributed by atoms with E-state index in [-0.39, 0.29) is 0 Å². The van der Waals surface area contributed by atoms with E-state index in [0.717, 1.165) is 13.0 Å². The molecule has 0 radical (unpaired) electrons. The quantitative estimate of drug-likeness (QED) is 0.465. The molecule has 10 heavy (non-hydrogen) atoms. The lowest BCUT2D eigenvalue weighted by Gasteiger charge is -2.17. The van der Waals surface area contributed by atoms with Gasteiger partial charge in [0.25, 0.3) is 0 Å². The highest BCUT2D eigenvalue weighted by Crippen LogP contribution is 2.09. The average molecular weight is 135 g/mol. The molecular formula is C7H9N3. The van der Waals surface area contributed by atoms with Crippen molar-refractivity contribution >= 4 is 18.1 Å². The molecule has 0 saturated carbocycles. The third-order valence-corrected chi connectivity index (χ3v) is 1.80. The molecule has 0 aromatic rings. The minimum atomic E-state index is 0.416. The molecule has 2 heterocycles. The maximum Gasteiger partial charge on any atom is 0.128 e. The van der Waals surface area contributed by atoms with Crippen molar-refractivity contribution in [2.45, 2.75) is 6.42 Å². The van der Waals surface area contributed by atoms with Gasteiger partial charge in [-0.1, -0.05) is 0 Å². The molecule has 2 rings (SSSR count). The van der Waals surface area contributed by atoms with Crippen molar-refractivity contribution < 1.29 is 0 Å². The second-order valence-electron chi connectivity index (χ2n) is 2.48. The van der Waals surface area contributed by atoms with Gasteiger partial charge in [-0.25, -0.2) is 0 Å². The highest BCUT2D eigenvalue weighted by Gasteiger charge is 2.17. The summed E-state index contributed by atoms with van der Waals surface area (Å²) in [6.07, 6.45) is 4.84. The first kappa shape index (κ1) is 5.77. The zero-order valence-electron chi connectivity index (χ0n) is 5.70. The van der Waals surface area contributed by atoms with E-state index in [4.69, 9.17) is 0 Å². The minimum absolute atomic E-state index is 0.416. The molecule has 1 unspecified atom stereocenters. The molecule has 2 aliphatic rings. The predicted octanol–water partition coefficient (Wildman–Crippen LogP) is 0.560. The predicted molar refractivity (Wildman–Crippen MR) is 42.3 cm³/mol. The van der Waals surface area contributed by atoms with Crippen LogP contribution in [0.15, 0.2) is 15.0 Å². The van der Waals surface area contributed by atoms with E-state index >= 15 is 0 Å². The van der Waals surface area contributed by atoms with Crippen molar-refractivity contribution in [3.63, 3.8) is 0 Å². The zero-order valence-corrected chi connectivity index (χ0v) is 5.70. The highest BCUT2D eigenvalue weighted by atomic mass is 15.0. The van der Waals surface area contributed by atoms with Crippen molar-refractivity contribution in [2.24, 2.45) is 20.9 Å². The normalized spacial score (nSPS) is 29.6. The summed E-state index contributed by atoms with van der Waals surface area (Å²) in [5, 5.41) is 0. The Bertz CT molecular complexity index is 215. The zero-order chi connectivity index (χ0) is 6.81. The van der Waals surface area contributed by atoms with E-state index in [0.29, 0.717) is 12.6 Å². The van der Waals surface area contributed by atoms with Crippen LogP contribution in [0.3, 0.4) is 0 Å². The molecule has 3 heteroatoms. The van der Waals surface area contributed by atoms with Gasteiger partial charge in [0.05, 0.1) is 12.5 Å². The van der Waals surface area contributed by atoms with Crippen LogP contribution in [0.1, 0.15) is 6.42 Å². The average Bonchev–Trinajstić information content (AvgIpc) is 2.05. The second-order valence-corrected chi connectivity index (χ2v) is 2.48. The van der Waals surface area contributed by atoms with Crippen molar-refractivity contribution in [3.05, 3.63) is 0 Å². The van der Waals surface area contributed by atoms with E-state index in [9.17, 15) is 0 Å². The fourth-order valence-corrected chi connectivity index (χ4v) is 1.22. The number of fused-ring (bicyclic) bond motifs is 1. The highest BCUT2D eigenvalue weighted by molar-refractivity contribution is 6.07. The minimum Gasteiger partial charge on any atom is -0.296 e. The maximum atomic E-state index is 4.28. The summed E-state index contributed by atoms with van der Waals surface area (Å²) in [5.74, 6) is 0.416. The van der Waals surface area contributed by atoms with E-state index in [1.807, 2.05) is 12.4 Å². The van der Waals surface area contributed by atoms with Crippen LogP contribution in [0.5, 0.6) is 0 Å². The maximum absolute atomic E-state index is 4.28. The summed E-state index contributed by atoms with van der Waals surface area (Å²) in [6.45, 7) is 1.47. The van der Waals surface area contributed by atoms with Gasteiger partial charge in [0.15, 0.2) is 0 Å². The summed E-state index contributed by atoms with van der Waals surface area (Å²) >= 11 is 0. The van der Waals surface area contributed by atoms with Crippen molar-refractivity contribution in [1.82, 2.24) is 0 Å². The fraction of sp³-hybridized carbons (Fsp3) is 0.571. The van der Waals surface area contributed by atoms with Crippen molar-refractivity contribution in [3.8, 4) is 0 Å². The summed E-state index contributed by atoms with van der Waals surface area (Å²) in [5.41, 5.74) is 1.25. The van der Waals surface area contributed by atoms with Gasteiger partial charge >= 0.3 is 0 Å². The molecule has 0 aromatic heterocycles. The Kier molecular flexibility index (Phi) is 1.34. The third kappa shape index (κ3) is 0.875.